The molecule has 0 bridgehead atoms. The van der Waals surface area contributed by atoms with E-state index in [0.717, 1.165) is 28.8 Å². The molecule has 3 heterocycles. The summed E-state index contributed by atoms with van der Waals surface area (Å²) in [6.07, 6.45) is 4.94. The van der Waals surface area contributed by atoms with Crippen molar-refractivity contribution >= 4 is 42.6 Å². The van der Waals surface area contributed by atoms with Crippen LogP contribution in [-0.2, 0) is 21.4 Å². The lowest BCUT2D eigenvalue weighted by atomic mass is 10.0. The van der Waals surface area contributed by atoms with Crippen molar-refractivity contribution in [2.24, 2.45) is 0 Å². The maximum absolute atomic E-state index is 13.6. The molecule has 1 amide bonds. The summed E-state index contributed by atoms with van der Waals surface area (Å²) in [6, 6.07) is 12.5. The molecule has 0 aliphatic carbocycles. The number of thiazole rings is 1. The van der Waals surface area contributed by atoms with Crippen LogP contribution in [0.25, 0.3) is 10.2 Å². The van der Waals surface area contributed by atoms with Crippen LogP contribution in [0, 0.1) is 0 Å². The molecule has 0 unspecified atom stereocenters. The number of aromatic nitrogens is 2. The Morgan fingerprint density at radius 2 is 2.00 bits per heavy atom. The number of carbonyl (C=O) groups is 1. The van der Waals surface area contributed by atoms with Crippen LogP contribution >= 0.6 is 11.3 Å². The number of nitrogens with zero attached hydrogens (tertiary/aromatic N) is 4. The highest BCUT2D eigenvalue weighted by atomic mass is 32.2. The van der Waals surface area contributed by atoms with Gasteiger partial charge in [-0.05, 0) is 37.1 Å². The summed E-state index contributed by atoms with van der Waals surface area (Å²) in [4.78, 5) is 24.2. The van der Waals surface area contributed by atoms with Gasteiger partial charge in [0.05, 0.1) is 28.7 Å². The molecule has 3 aromatic rings. The molecule has 2 aromatic heterocycles. The molecule has 1 fully saturated rings. The van der Waals surface area contributed by atoms with Crippen molar-refractivity contribution in [3.8, 4) is 0 Å². The number of hydrogen-bond donors (Lipinski definition) is 0. The van der Waals surface area contributed by atoms with E-state index in [1.165, 1.54) is 21.9 Å². The Bertz CT molecular complexity index is 1080. The van der Waals surface area contributed by atoms with Gasteiger partial charge in [-0.1, -0.05) is 36.0 Å². The highest BCUT2D eigenvalue weighted by Gasteiger charge is 2.38. The van der Waals surface area contributed by atoms with Gasteiger partial charge in [-0.15, -0.1) is 0 Å². The number of fused-ring (bicyclic) bond motifs is 1. The Morgan fingerprint density at radius 1 is 1.21 bits per heavy atom. The minimum atomic E-state index is -3.48. The first kappa shape index (κ1) is 19.9. The van der Waals surface area contributed by atoms with Crippen LogP contribution in [0.2, 0.25) is 0 Å². The number of hydrogen-bond acceptors (Lipinski definition) is 6. The van der Waals surface area contributed by atoms with Gasteiger partial charge in [0, 0.05) is 12.7 Å². The van der Waals surface area contributed by atoms with E-state index in [0.29, 0.717) is 18.1 Å². The van der Waals surface area contributed by atoms with E-state index in [2.05, 4.69) is 9.97 Å². The maximum atomic E-state index is 13.6. The Balaban J connectivity index is 1.73. The monoisotopic (exact) mass is 430 g/mol. The highest BCUT2D eigenvalue weighted by Crippen LogP contribution is 2.32. The van der Waals surface area contributed by atoms with E-state index in [4.69, 9.17) is 0 Å². The molecule has 1 aliphatic rings. The van der Waals surface area contributed by atoms with E-state index in [-0.39, 0.29) is 12.5 Å². The van der Waals surface area contributed by atoms with Crippen LogP contribution in [-0.4, -0.2) is 47.4 Å². The molecule has 29 heavy (non-hydrogen) atoms. The molecule has 0 radical (unpaired) electrons. The minimum Gasteiger partial charge on any atom is -0.281 e. The summed E-state index contributed by atoms with van der Waals surface area (Å²) < 4.78 is 26.9. The molecule has 1 atom stereocenters. The summed E-state index contributed by atoms with van der Waals surface area (Å²) in [6.45, 7) is 0.611. The third-order valence-corrected chi connectivity index (χ3v) is 7.34. The summed E-state index contributed by atoms with van der Waals surface area (Å²) in [5.74, 6) is -0.250. The highest BCUT2D eigenvalue weighted by molar-refractivity contribution is 7.88. The number of amides is 1. The average Bonchev–Trinajstić information content (AvgIpc) is 3.15. The second-order valence-corrected chi connectivity index (χ2v) is 10.0. The summed E-state index contributed by atoms with van der Waals surface area (Å²) >= 11 is 1.42. The molecule has 0 saturated carbocycles. The van der Waals surface area contributed by atoms with Crippen LogP contribution in [0.4, 0.5) is 5.13 Å². The summed E-state index contributed by atoms with van der Waals surface area (Å²) in [5, 5.41) is 0.556. The van der Waals surface area contributed by atoms with Gasteiger partial charge in [-0.2, -0.15) is 4.31 Å². The van der Waals surface area contributed by atoms with Gasteiger partial charge in [0.1, 0.15) is 6.04 Å². The first-order valence-corrected chi connectivity index (χ1v) is 12.1. The normalized spacial score (nSPS) is 18.0. The molecule has 152 valence electrons. The quantitative estimate of drug-likeness (QED) is 0.621. The lowest BCUT2D eigenvalue weighted by molar-refractivity contribution is -0.123. The van der Waals surface area contributed by atoms with Gasteiger partial charge in [-0.3, -0.25) is 14.7 Å². The Hall–Kier alpha value is -2.36. The van der Waals surface area contributed by atoms with Crippen molar-refractivity contribution in [3.63, 3.8) is 0 Å². The number of rotatable bonds is 5. The SMILES string of the molecule is CS(=O)(=O)N1CCCC[C@@H]1C(=O)N(Cc1ccccn1)c1nc2ccccc2s1. The van der Waals surface area contributed by atoms with Crippen LogP contribution < -0.4 is 4.90 Å². The predicted molar refractivity (Wildman–Crippen MR) is 114 cm³/mol. The first-order chi connectivity index (χ1) is 13.9. The number of para-hydroxylation sites is 1. The Labute approximate surface area is 174 Å². The summed E-state index contributed by atoms with van der Waals surface area (Å²) in [5.41, 5.74) is 1.54. The van der Waals surface area contributed by atoms with Crippen molar-refractivity contribution in [1.82, 2.24) is 14.3 Å². The second kappa shape index (κ2) is 8.17. The van der Waals surface area contributed by atoms with E-state index in [1.807, 2.05) is 42.5 Å². The molecule has 0 spiro atoms. The van der Waals surface area contributed by atoms with E-state index < -0.39 is 16.1 Å². The minimum absolute atomic E-state index is 0.244. The topological polar surface area (TPSA) is 83.5 Å². The maximum Gasteiger partial charge on any atom is 0.247 e. The molecule has 1 aromatic carbocycles. The van der Waals surface area contributed by atoms with Crippen molar-refractivity contribution in [3.05, 3.63) is 54.4 Å². The number of sulfonamides is 1. The average molecular weight is 431 g/mol. The molecule has 1 saturated heterocycles. The smallest absolute Gasteiger partial charge is 0.247 e. The molecule has 4 rings (SSSR count). The third-order valence-electron chi connectivity index (χ3n) is 4.99. The van der Waals surface area contributed by atoms with Crippen LogP contribution in [0.15, 0.2) is 48.7 Å². The van der Waals surface area contributed by atoms with Crippen LogP contribution in [0.3, 0.4) is 0 Å². The molecule has 0 N–H and O–H groups in total. The van der Waals surface area contributed by atoms with E-state index in [9.17, 15) is 13.2 Å². The Kier molecular flexibility index (Phi) is 5.62. The van der Waals surface area contributed by atoms with Gasteiger partial charge in [0.15, 0.2) is 5.13 Å². The first-order valence-electron chi connectivity index (χ1n) is 9.47. The van der Waals surface area contributed by atoms with Crippen molar-refractivity contribution < 1.29 is 13.2 Å². The molecule has 1 aliphatic heterocycles. The number of benzene rings is 1. The molecule has 9 heteroatoms. The zero-order chi connectivity index (χ0) is 20.4. The van der Waals surface area contributed by atoms with Gasteiger partial charge >= 0.3 is 0 Å². The van der Waals surface area contributed by atoms with Gasteiger partial charge < -0.3 is 0 Å². The molecule has 7 nitrogen and oxygen atoms in total. The largest absolute Gasteiger partial charge is 0.281 e. The fourth-order valence-corrected chi connectivity index (χ4v) is 5.69. The lowest BCUT2D eigenvalue weighted by Crippen LogP contribution is -2.52. The van der Waals surface area contributed by atoms with Gasteiger partial charge in [0.2, 0.25) is 15.9 Å². The van der Waals surface area contributed by atoms with Crippen LogP contribution in [0.1, 0.15) is 25.0 Å². The summed E-state index contributed by atoms with van der Waals surface area (Å²) in [7, 11) is -3.48. The Morgan fingerprint density at radius 3 is 2.72 bits per heavy atom. The number of piperidine rings is 1. The van der Waals surface area contributed by atoms with Crippen LogP contribution in [0.5, 0.6) is 0 Å². The standard InChI is InChI=1S/C20H22N4O3S2/c1-29(26,27)24-13-7-5-10-17(24)19(25)23(14-15-8-4-6-12-21-15)20-22-16-9-2-3-11-18(16)28-20/h2-4,6,8-9,11-12,17H,5,7,10,13-14H2,1H3/t17-/m1/s1. The molecular weight excluding hydrogens is 408 g/mol. The fourth-order valence-electron chi connectivity index (χ4n) is 3.60. The number of pyridine rings is 1. The van der Waals surface area contributed by atoms with Crippen molar-refractivity contribution in [1.29, 1.82) is 0 Å². The zero-order valence-electron chi connectivity index (χ0n) is 16.1. The second-order valence-electron chi connectivity index (χ2n) is 7.09. The van der Waals surface area contributed by atoms with Gasteiger partial charge in [0.25, 0.3) is 0 Å². The van der Waals surface area contributed by atoms with E-state index in [1.54, 1.807) is 11.1 Å². The zero-order valence-corrected chi connectivity index (χ0v) is 17.7. The fraction of sp³-hybridized carbons (Fsp3) is 0.350. The third kappa shape index (κ3) is 4.31. The van der Waals surface area contributed by atoms with Crippen molar-refractivity contribution in [2.45, 2.75) is 31.8 Å². The predicted octanol–water partition coefficient (Wildman–Crippen LogP) is 3.04. The lowest BCUT2D eigenvalue weighted by Gasteiger charge is -2.35. The van der Waals surface area contributed by atoms with E-state index >= 15 is 0 Å². The van der Waals surface area contributed by atoms with Crippen molar-refractivity contribution in [2.75, 3.05) is 17.7 Å². The van der Waals surface area contributed by atoms with Gasteiger partial charge in [-0.25, -0.2) is 13.4 Å². The molecular formula is C20H22N4O3S2. The number of anilines is 1. The number of carbonyl (C=O) groups excluding carboxylic acids is 1.